The third kappa shape index (κ3) is 12.1. The summed E-state index contributed by atoms with van der Waals surface area (Å²) in [5, 5.41) is 4.82. The average molecular weight is 1530 g/mol. The number of rotatable bonds is 11. The van der Waals surface area contributed by atoms with Gasteiger partial charge in [0.1, 0.15) is 0 Å². The van der Waals surface area contributed by atoms with E-state index < -0.39 is 0 Å². The zero-order chi connectivity index (χ0) is 79.8. The van der Waals surface area contributed by atoms with Gasteiger partial charge in [0.15, 0.2) is 23.0 Å². The first-order valence-corrected chi connectivity index (χ1v) is 41.4. The highest BCUT2D eigenvalue weighted by Crippen LogP contribution is 2.59. The highest BCUT2D eigenvalue weighted by molar-refractivity contribution is 7.00. The van der Waals surface area contributed by atoms with E-state index in [-0.39, 0.29) is 17.5 Å². The number of benzene rings is 18. The minimum atomic E-state index is -0.371. The van der Waals surface area contributed by atoms with Crippen molar-refractivity contribution in [2.24, 2.45) is 0 Å². The fourth-order valence-corrected chi connectivity index (χ4v) is 18.9. The molecule has 0 atom stereocenters. The van der Waals surface area contributed by atoms with Crippen molar-refractivity contribution in [2.45, 2.75) is 52.4 Å². The lowest BCUT2D eigenvalue weighted by molar-refractivity contribution is 0.477. The van der Waals surface area contributed by atoms with Gasteiger partial charge in [-0.25, -0.2) is 0 Å². The van der Waals surface area contributed by atoms with Crippen LogP contribution in [0.3, 0.4) is 0 Å². The maximum absolute atomic E-state index is 6.88. The summed E-state index contributed by atoms with van der Waals surface area (Å²) >= 11 is 0. The lowest BCUT2D eigenvalue weighted by Gasteiger charge is -2.46. The average Bonchev–Trinajstić information content (AvgIpc) is 0.684. The Hall–Kier alpha value is -14.7. The molecule has 0 amide bonds. The van der Waals surface area contributed by atoms with Gasteiger partial charge in [0.2, 0.25) is 0 Å². The van der Waals surface area contributed by atoms with Gasteiger partial charge < -0.3 is 29.1 Å². The molecule has 0 saturated carbocycles. The first kappa shape index (κ1) is 70.9. The van der Waals surface area contributed by atoms with E-state index >= 15 is 0 Å². The Morgan fingerprint density at radius 2 is 0.571 bits per heavy atom. The minimum absolute atomic E-state index is 0.166. The quantitative estimate of drug-likeness (QED) is 0.0948. The van der Waals surface area contributed by atoms with Crippen LogP contribution in [0.4, 0.5) is 68.2 Å². The Labute approximate surface area is 696 Å². The Morgan fingerprint density at radius 3 is 1.03 bits per heavy atom. The smallest absolute Gasteiger partial charge is 0.252 e. The predicted octanol–water partition coefficient (Wildman–Crippen LogP) is 29.5. The van der Waals surface area contributed by atoms with Crippen molar-refractivity contribution in [3.63, 3.8) is 0 Å². The molecule has 0 aromatic heterocycles. The van der Waals surface area contributed by atoms with Gasteiger partial charge in [-0.3, -0.25) is 0 Å². The molecule has 0 spiro atoms. The molecule has 0 unspecified atom stereocenters. The molecule has 4 heterocycles. The second kappa shape index (κ2) is 28.1. The van der Waals surface area contributed by atoms with Crippen LogP contribution >= 0.6 is 0 Å². The molecular formula is C112H83BN4O2. The fraction of sp³-hybridized carbons (Fsp3) is 0.0714. The Balaban J connectivity index is 0.925. The third-order valence-corrected chi connectivity index (χ3v) is 24.6. The van der Waals surface area contributed by atoms with Crippen molar-refractivity contribution in [2.75, 3.05) is 19.6 Å². The largest absolute Gasteiger partial charge is 0.453 e. The van der Waals surface area contributed by atoms with Crippen LogP contribution in [0.5, 0.6) is 23.0 Å². The molecule has 22 rings (SSSR count). The monoisotopic (exact) mass is 1530 g/mol. The summed E-state index contributed by atoms with van der Waals surface area (Å²) in [5.41, 5.74) is 33.2. The van der Waals surface area contributed by atoms with E-state index in [1.54, 1.807) is 0 Å². The van der Waals surface area contributed by atoms with E-state index in [1.165, 1.54) is 38.1 Å². The highest BCUT2D eigenvalue weighted by atomic mass is 16.5. The lowest BCUT2D eigenvalue weighted by atomic mass is 9.33. The summed E-state index contributed by atoms with van der Waals surface area (Å²) in [6.07, 6.45) is 0. The van der Waals surface area contributed by atoms with Gasteiger partial charge in [-0.05, 0) is 225 Å². The van der Waals surface area contributed by atoms with Gasteiger partial charge in [0.05, 0.1) is 34.1 Å². The van der Waals surface area contributed by atoms with Gasteiger partial charge >= 0.3 is 0 Å². The summed E-state index contributed by atoms with van der Waals surface area (Å²) in [6, 6.07) is 147. The van der Waals surface area contributed by atoms with Crippen molar-refractivity contribution in [1.82, 2.24) is 0 Å². The molecule has 6 nitrogen and oxygen atoms in total. The van der Waals surface area contributed by atoms with Crippen molar-refractivity contribution in [3.8, 4) is 101 Å². The molecular weight excluding hydrogens is 1440 g/mol. The van der Waals surface area contributed by atoms with E-state index in [2.05, 4.69) is 455 Å². The summed E-state index contributed by atoms with van der Waals surface area (Å²) < 4.78 is 13.7. The van der Waals surface area contributed by atoms with Gasteiger partial charge in [-0.2, -0.15) is 0 Å². The second-order valence-electron chi connectivity index (χ2n) is 33.9. The topological polar surface area (TPSA) is 31.4 Å². The van der Waals surface area contributed by atoms with Crippen molar-refractivity contribution in [3.05, 3.63) is 405 Å². The van der Waals surface area contributed by atoms with E-state index in [1.807, 2.05) is 0 Å². The number of anilines is 12. The first-order valence-electron chi connectivity index (χ1n) is 41.4. The van der Waals surface area contributed by atoms with Gasteiger partial charge in [0.25, 0.3) is 6.71 Å². The molecule has 119 heavy (non-hydrogen) atoms. The molecule has 4 aliphatic rings. The number of ether oxygens (including phenoxy) is 2. The summed E-state index contributed by atoms with van der Waals surface area (Å²) in [5.74, 6) is 3.14. The molecule has 0 N–H and O–H groups in total. The number of hydrogen-bond donors (Lipinski definition) is 0. The predicted molar refractivity (Wildman–Crippen MR) is 500 cm³/mol. The molecule has 566 valence electrons. The minimum Gasteiger partial charge on any atom is -0.453 e. The molecule has 0 radical (unpaired) electrons. The van der Waals surface area contributed by atoms with E-state index in [0.717, 1.165) is 180 Å². The van der Waals surface area contributed by atoms with Crippen LogP contribution in [-0.4, -0.2) is 6.71 Å². The van der Waals surface area contributed by atoms with Crippen LogP contribution in [0.15, 0.2) is 394 Å². The van der Waals surface area contributed by atoms with Crippen molar-refractivity contribution < 1.29 is 9.47 Å². The molecule has 18 aromatic rings. The van der Waals surface area contributed by atoms with Gasteiger partial charge in [0, 0.05) is 56.4 Å². The first-order chi connectivity index (χ1) is 58.3. The Kier molecular flexibility index (Phi) is 16.7. The standard InChI is InChI=1S/C112H83BN4O2/c1-111(2,3)84-39-26-37-76(66-84)91-43-29-44-92(77-38-27-40-85(67-77)112(4,5)6)110(91)117-101-71-87(115-98-48-20-24-52-106(98)119-107-53-25-21-49-99(107)115)58-61-95(101)113-94-60-57-86(114-96-46-18-22-50-104(96)118-105-51-23-19-47-97(105)114)70-100(94)116(102-68-83(69-103(117)108(102)113)82-64-80(72-30-10-7-11-31-72)63-81(65-82)73-32-12-8-13-33-73)109-90(74-34-14-9-15-35-74)42-28-45-93(109)79-56-59-89-78(62-79)55-54-75-36-16-17-41-88(75)89/h7-71H,1-6H3. The van der Waals surface area contributed by atoms with Crippen molar-refractivity contribution in [1.29, 1.82) is 0 Å². The molecule has 7 heteroatoms. The molecule has 0 saturated heterocycles. The number of fused-ring (bicyclic) bond motifs is 11. The SMILES string of the molecule is CC(C)(C)c1cccc(-c2cccc(-c3cccc(C(C)(C)C)c3)c2N2c3cc(N4c5ccccc5Oc5ccccc54)ccc3B3c4ccc(N5c6ccccc6Oc6ccccc65)cc4N(c4c(-c5ccccc5)cccc4-c4ccc5c(ccc6ccccc65)c4)c4cc(-c5cc(-c6ccccc6)cc(-c6ccccc6)c5)cc2c43)c1. The summed E-state index contributed by atoms with van der Waals surface area (Å²) in [6.45, 7) is 13.6. The Bertz CT molecular complexity index is 6900. The second-order valence-corrected chi connectivity index (χ2v) is 33.9. The maximum Gasteiger partial charge on any atom is 0.252 e. The highest BCUT2D eigenvalue weighted by Gasteiger charge is 2.47. The zero-order valence-corrected chi connectivity index (χ0v) is 67.2. The number of nitrogens with zero attached hydrogens (tertiary/aromatic N) is 4. The molecule has 4 aliphatic heterocycles. The zero-order valence-electron chi connectivity index (χ0n) is 67.2. The van der Waals surface area contributed by atoms with Gasteiger partial charge in [-0.15, -0.1) is 0 Å². The lowest BCUT2D eigenvalue weighted by Crippen LogP contribution is -2.61. The summed E-state index contributed by atoms with van der Waals surface area (Å²) in [4.78, 5) is 10.2. The molecule has 18 aromatic carbocycles. The maximum atomic E-state index is 6.88. The molecule has 0 aliphatic carbocycles. The Morgan fingerprint density at radius 1 is 0.218 bits per heavy atom. The van der Waals surface area contributed by atoms with Gasteiger partial charge in [-0.1, -0.05) is 327 Å². The van der Waals surface area contributed by atoms with Crippen LogP contribution in [0.25, 0.3) is 99.4 Å². The van der Waals surface area contributed by atoms with Crippen LogP contribution in [-0.2, 0) is 10.8 Å². The van der Waals surface area contributed by atoms with Crippen LogP contribution in [0.2, 0.25) is 0 Å². The summed E-state index contributed by atoms with van der Waals surface area (Å²) in [7, 11) is 0. The van der Waals surface area contributed by atoms with Crippen molar-refractivity contribution >= 4 is 113 Å². The fourth-order valence-electron chi connectivity index (χ4n) is 18.9. The van der Waals surface area contributed by atoms with Crippen LogP contribution in [0.1, 0.15) is 52.7 Å². The normalized spacial score (nSPS) is 13.0. The number of hydrogen-bond acceptors (Lipinski definition) is 6. The molecule has 0 bridgehead atoms. The van der Waals surface area contributed by atoms with E-state index in [0.29, 0.717) is 0 Å². The molecule has 0 fully saturated rings. The van der Waals surface area contributed by atoms with Crippen LogP contribution < -0.4 is 45.5 Å². The van der Waals surface area contributed by atoms with E-state index in [4.69, 9.17) is 9.47 Å². The van der Waals surface area contributed by atoms with Crippen LogP contribution in [0, 0.1) is 0 Å². The third-order valence-electron chi connectivity index (χ3n) is 24.6. The van der Waals surface area contributed by atoms with E-state index in [9.17, 15) is 0 Å². The number of para-hydroxylation sites is 10.